The molecular weight excluding hydrogens is 366 g/mol. The Balaban J connectivity index is 2.55. The highest BCUT2D eigenvalue weighted by atomic mass is 32.2. The van der Waals surface area contributed by atoms with E-state index < -0.39 is 25.6 Å². The molecule has 134 valence electrons. The van der Waals surface area contributed by atoms with Crippen LogP contribution in [0.5, 0.6) is 5.75 Å². The van der Waals surface area contributed by atoms with Crippen LogP contribution < -0.4 is 4.74 Å². The van der Waals surface area contributed by atoms with E-state index in [4.69, 9.17) is 10.1 Å². The standard InChI is InChI=1S/C14H11N5O6S/c1-8-5-12(16-15)13(25-2)7-11(8)18-17-10-4-3-9(19(20)21)6-14(10)26(22,23)24/h3-7H,1-2H3/p+1. The van der Waals surface area contributed by atoms with E-state index >= 15 is 0 Å². The van der Waals surface area contributed by atoms with Crippen molar-refractivity contribution in [2.45, 2.75) is 11.8 Å². The lowest BCUT2D eigenvalue weighted by molar-refractivity contribution is -0.385. The van der Waals surface area contributed by atoms with Gasteiger partial charge in [-0.3, -0.25) is 14.7 Å². The Bertz CT molecular complexity index is 1060. The second-order valence-electron chi connectivity index (χ2n) is 4.99. The number of nitro groups is 1. The molecule has 0 aliphatic rings. The summed E-state index contributed by atoms with van der Waals surface area (Å²) in [4.78, 5) is 12.3. The molecule has 0 saturated carbocycles. The molecule has 0 unspecified atom stereocenters. The topological polar surface area (TPSA) is 160 Å². The predicted octanol–water partition coefficient (Wildman–Crippen LogP) is 4.06. The van der Waals surface area contributed by atoms with Gasteiger partial charge in [-0.25, -0.2) is 0 Å². The molecule has 2 rings (SSSR count). The molecule has 0 aliphatic carbocycles. The third-order valence-electron chi connectivity index (χ3n) is 3.30. The highest BCUT2D eigenvalue weighted by molar-refractivity contribution is 7.86. The van der Waals surface area contributed by atoms with Gasteiger partial charge in [-0.2, -0.15) is 13.5 Å². The van der Waals surface area contributed by atoms with Crippen molar-refractivity contribution in [3.8, 4) is 5.75 Å². The Labute approximate surface area is 147 Å². The zero-order valence-corrected chi connectivity index (χ0v) is 14.3. The lowest BCUT2D eigenvalue weighted by Crippen LogP contribution is -2.00. The highest BCUT2D eigenvalue weighted by Crippen LogP contribution is 2.36. The molecule has 0 bridgehead atoms. The molecule has 2 aromatic rings. The summed E-state index contributed by atoms with van der Waals surface area (Å²) in [7, 11) is -3.40. The van der Waals surface area contributed by atoms with Crippen LogP contribution in [0, 0.1) is 22.4 Å². The molecule has 0 spiro atoms. The Hall–Kier alpha value is -3.43. The van der Waals surface area contributed by atoms with E-state index in [1.165, 1.54) is 19.2 Å². The first-order valence-corrected chi connectivity index (χ1v) is 8.32. The van der Waals surface area contributed by atoms with E-state index in [1.807, 2.05) is 0 Å². The fourth-order valence-electron chi connectivity index (χ4n) is 2.02. The number of nitrogens with zero attached hydrogens (tertiary/aromatic N) is 5. The Morgan fingerprint density at radius 1 is 1.23 bits per heavy atom. The largest absolute Gasteiger partial charge is 0.489 e. The fourth-order valence-corrected chi connectivity index (χ4v) is 2.67. The molecule has 0 heterocycles. The van der Waals surface area contributed by atoms with Gasteiger partial charge in [0.25, 0.3) is 15.8 Å². The van der Waals surface area contributed by atoms with E-state index in [9.17, 15) is 23.1 Å². The Morgan fingerprint density at radius 2 is 1.88 bits per heavy atom. The molecule has 0 radical (unpaired) electrons. The van der Waals surface area contributed by atoms with Crippen molar-refractivity contribution < 1.29 is 22.6 Å². The number of non-ortho nitro benzene ring substituents is 1. The monoisotopic (exact) mass is 378 g/mol. The smallest absolute Gasteiger partial charge is 0.426 e. The van der Waals surface area contributed by atoms with Gasteiger partial charge >= 0.3 is 5.69 Å². The quantitative estimate of drug-likeness (QED) is 0.270. The van der Waals surface area contributed by atoms with E-state index in [-0.39, 0.29) is 22.8 Å². The van der Waals surface area contributed by atoms with Gasteiger partial charge in [0, 0.05) is 24.3 Å². The SMILES string of the molecule is COc1cc(N=Nc2ccc([N+](=O)[O-])cc2S(=O)(=O)O)c(C)cc1[N+]#N. The summed E-state index contributed by atoms with van der Waals surface area (Å²) in [5, 5.41) is 27.3. The van der Waals surface area contributed by atoms with Crippen molar-refractivity contribution in [2.75, 3.05) is 7.11 Å². The number of hydrogen-bond acceptors (Lipinski definition) is 8. The van der Waals surface area contributed by atoms with Gasteiger partial charge < -0.3 is 4.74 Å². The van der Waals surface area contributed by atoms with Crippen molar-refractivity contribution in [1.82, 2.24) is 0 Å². The first-order chi connectivity index (χ1) is 12.2. The summed E-state index contributed by atoms with van der Waals surface area (Å²) in [6.45, 7) is 1.64. The molecular formula is C14H12N5O6S+. The van der Waals surface area contributed by atoms with E-state index in [0.29, 0.717) is 11.6 Å². The first-order valence-electron chi connectivity index (χ1n) is 6.88. The number of hydrogen-bond donors (Lipinski definition) is 1. The van der Waals surface area contributed by atoms with Crippen molar-refractivity contribution in [1.29, 1.82) is 5.39 Å². The highest BCUT2D eigenvalue weighted by Gasteiger charge is 2.21. The van der Waals surface area contributed by atoms with E-state index in [2.05, 4.69) is 15.2 Å². The minimum absolute atomic E-state index is 0.165. The summed E-state index contributed by atoms with van der Waals surface area (Å²) in [5.41, 5.74) is 0.167. The predicted molar refractivity (Wildman–Crippen MR) is 89.6 cm³/mol. The minimum atomic E-state index is -4.76. The van der Waals surface area contributed by atoms with Crippen LogP contribution in [0.15, 0.2) is 45.5 Å². The van der Waals surface area contributed by atoms with Crippen LogP contribution >= 0.6 is 0 Å². The lowest BCUT2D eigenvalue weighted by Gasteiger charge is -2.03. The number of aryl methyl sites for hydroxylation is 1. The van der Waals surface area contributed by atoms with Gasteiger partial charge in [-0.15, -0.1) is 5.11 Å². The van der Waals surface area contributed by atoms with Crippen LogP contribution in [0.3, 0.4) is 0 Å². The number of nitro benzene ring substituents is 1. The lowest BCUT2D eigenvalue weighted by atomic mass is 10.1. The third kappa shape index (κ3) is 3.97. The number of ether oxygens (including phenoxy) is 1. The third-order valence-corrected chi connectivity index (χ3v) is 4.19. The maximum Gasteiger partial charge on any atom is 0.426 e. The van der Waals surface area contributed by atoms with Crippen LogP contribution in [0.25, 0.3) is 4.98 Å². The second kappa shape index (κ2) is 7.21. The summed E-state index contributed by atoms with van der Waals surface area (Å²) < 4.78 is 37.2. The number of rotatable bonds is 5. The number of diazo groups is 1. The van der Waals surface area contributed by atoms with Gasteiger partial charge in [0.2, 0.25) is 11.1 Å². The van der Waals surface area contributed by atoms with E-state index in [1.54, 1.807) is 6.92 Å². The van der Waals surface area contributed by atoms with Gasteiger partial charge in [-0.05, 0) is 18.6 Å². The van der Waals surface area contributed by atoms with Crippen LogP contribution in [-0.4, -0.2) is 25.0 Å². The normalized spacial score (nSPS) is 11.3. The number of benzene rings is 2. The van der Waals surface area contributed by atoms with Crippen LogP contribution in [0.2, 0.25) is 0 Å². The zero-order valence-electron chi connectivity index (χ0n) is 13.5. The molecule has 0 atom stereocenters. The van der Waals surface area contributed by atoms with Gasteiger partial charge in [0.15, 0.2) is 4.98 Å². The zero-order chi connectivity index (χ0) is 19.5. The maximum atomic E-state index is 11.5. The van der Waals surface area contributed by atoms with Crippen LogP contribution in [-0.2, 0) is 10.1 Å². The molecule has 11 nitrogen and oxygen atoms in total. The van der Waals surface area contributed by atoms with Gasteiger partial charge in [0.1, 0.15) is 10.6 Å². The minimum Gasteiger partial charge on any atom is -0.489 e. The molecule has 1 N–H and O–H groups in total. The Morgan fingerprint density at radius 3 is 2.42 bits per heavy atom. The average molecular weight is 378 g/mol. The molecule has 0 aromatic heterocycles. The van der Waals surface area contributed by atoms with Crippen molar-refractivity contribution in [3.63, 3.8) is 0 Å². The molecule has 0 saturated heterocycles. The summed E-state index contributed by atoms with van der Waals surface area (Å²) in [6, 6.07) is 5.64. The van der Waals surface area contributed by atoms with Crippen LogP contribution in [0.1, 0.15) is 5.56 Å². The summed E-state index contributed by atoms with van der Waals surface area (Å²) in [6.07, 6.45) is 0. The number of methoxy groups -OCH3 is 1. The number of azo groups is 1. The summed E-state index contributed by atoms with van der Waals surface area (Å²) in [5.74, 6) is 0.200. The maximum absolute atomic E-state index is 11.5. The first kappa shape index (κ1) is 18.9. The molecule has 12 heteroatoms. The van der Waals surface area contributed by atoms with Crippen LogP contribution in [0.4, 0.5) is 22.7 Å². The molecule has 0 aliphatic heterocycles. The van der Waals surface area contributed by atoms with Crippen molar-refractivity contribution in [2.24, 2.45) is 10.2 Å². The Kier molecular flexibility index (Phi) is 5.24. The molecule has 26 heavy (non-hydrogen) atoms. The van der Waals surface area contributed by atoms with Gasteiger partial charge in [-0.1, -0.05) is 0 Å². The van der Waals surface area contributed by atoms with Crippen molar-refractivity contribution in [3.05, 3.63) is 51.0 Å². The van der Waals surface area contributed by atoms with Gasteiger partial charge in [0.05, 0.1) is 17.7 Å². The molecule has 0 fully saturated rings. The van der Waals surface area contributed by atoms with E-state index in [0.717, 1.165) is 12.1 Å². The van der Waals surface area contributed by atoms with Crippen molar-refractivity contribution >= 4 is 32.9 Å². The second-order valence-corrected chi connectivity index (χ2v) is 6.38. The fraction of sp³-hybridized carbons (Fsp3) is 0.143. The molecule has 2 aromatic carbocycles. The molecule has 0 amide bonds. The average Bonchev–Trinajstić information content (AvgIpc) is 2.59. The summed E-state index contributed by atoms with van der Waals surface area (Å²) >= 11 is 0.